The van der Waals surface area contributed by atoms with E-state index in [4.69, 9.17) is 17.3 Å². The molecule has 1 aromatic rings. The summed E-state index contributed by atoms with van der Waals surface area (Å²) in [6, 6.07) is 1.54. The van der Waals surface area contributed by atoms with Crippen molar-refractivity contribution in [1.82, 2.24) is 0 Å². The van der Waals surface area contributed by atoms with E-state index in [-0.39, 0.29) is 16.4 Å². The van der Waals surface area contributed by atoms with Crippen molar-refractivity contribution < 1.29 is 4.92 Å². The minimum absolute atomic E-state index is 0.00682. The minimum Gasteiger partial charge on any atom is -0.392 e. The Labute approximate surface area is 88.0 Å². The van der Waals surface area contributed by atoms with Gasteiger partial charge in [0.1, 0.15) is 5.69 Å². The predicted octanol–water partition coefficient (Wildman–Crippen LogP) is 2.90. The highest BCUT2D eigenvalue weighted by Gasteiger charge is 2.20. The SMILES string of the molecule is Cc1c(Br)cc(Cl)c(N)c1[N+](=O)[O-]. The molecule has 2 N–H and O–H groups in total. The van der Waals surface area contributed by atoms with Crippen LogP contribution >= 0.6 is 27.5 Å². The summed E-state index contributed by atoms with van der Waals surface area (Å²) in [4.78, 5) is 10.1. The fourth-order valence-electron chi connectivity index (χ4n) is 0.961. The quantitative estimate of drug-likeness (QED) is 0.482. The number of benzene rings is 1. The van der Waals surface area contributed by atoms with Gasteiger partial charge in [0.2, 0.25) is 0 Å². The normalized spacial score (nSPS) is 10.1. The smallest absolute Gasteiger partial charge is 0.297 e. The standard InChI is InChI=1S/C7H6BrClN2O2/c1-3-4(8)2-5(9)6(10)7(3)11(12)13/h2H,10H2,1H3. The molecule has 0 saturated carbocycles. The average Bonchev–Trinajstić information content (AvgIpc) is 2.01. The number of halogens is 2. The molecule has 0 saturated heterocycles. The van der Waals surface area contributed by atoms with Crippen LogP contribution in [0.15, 0.2) is 10.5 Å². The van der Waals surface area contributed by atoms with Crippen LogP contribution in [0.4, 0.5) is 11.4 Å². The first kappa shape index (κ1) is 10.3. The van der Waals surface area contributed by atoms with Crippen LogP contribution in [0.2, 0.25) is 5.02 Å². The molecule has 0 atom stereocenters. The molecule has 70 valence electrons. The Morgan fingerprint density at radius 1 is 1.69 bits per heavy atom. The summed E-state index contributed by atoms with van der Waals surface area (Å²) >= 11 is 8.83. The van der Waals surface area contributed by atoms with E-state index in [0.717, 1.165) is 0 Å². The molecule has 0 fully saturated rings. The van der Waals surface area contributed by atoms with Crippen LogP contribution in [0.3, 0.4) is 0 Å². The maximum Gasteiger partial charge on any atom is 0.297 e. The van der Waals surface area contributed by atoms with Gasteiger partial charge in [0.05, 0.1) is 9.95 Å². The minimum atomic E-state index is -0.540. The number of nitrogens with zero attached hydrogens (tertiary/aromatic N) is 1. The van der Waals surface area contributed by atoms with Crippen LogP contribution in [0, 0.1) is 17.0 Å². The number of nitrogens with two attached hydrogens (primary N) is 1. The topological polar surface area (TPSA) is 69.2 Å². The highest BCUT2D eigenvalue weighted by Crippen LogP contribution is 2.37. The number of anilines is 1. The zero-order valence-corrected chi connectivity index (χ0v) is 9.02. The molecule has 0 heterocycles. The first-order valence-corrected chi connectivity index (χ1v) is 4.50. The van der Waals surface area contributed by atoms with Crippen molar-refractivity contribution in [1.29, 1.82) is 0 Å². The summed E-state index contributed by atoms with van der Waals surface area (Å²) in [5.41, 5.74) is 5.80. The molecule has 0 amide bonds. The van der Waals surface area contributed by atoms with Gasteiger partial charge >= 0.3 is 0 Å². The van der Waals surface area contributed by atoms with E-state index in [9.17, 15) is 10.1 Å². The van der Waals surface area contributed by atoms with Crippen molar-refractivity contribution >= 4 is 38.9 Å². The zero-order chi connectivity index (χ0) is 10.2. The van der Waals surface area contributed by atoms with Gasteiger partial charge in [0.15, 0.2) is 0 Å². The Balaban J connectivity index is 3.56. The lowest BCUT2D eigenvalue weighted by molar-refractivity contribution is -0.384. The Bertz CT molecular complexity index is 355. The third-order valence-electron chi connectivity index (χ3n) is 1.66. The number of rotatable bonds is 1. The number of hydrogen-bond acceptors (Lipinski definition) is 3. The van der Waals surface area contributed by atoms with Crippen LogP contribution < -0.4 is 5.73 Å². The summed E-state index contributed by atoms with van der Waals surface area (Å²) in [5.74, 6) is 0. The van der Waals surface area contributed by atoms with Gasteiger partial charge in [0.25, 0.3) is 5.69 Å². The highest BCUT2D eigenvalue weighted by molar-refractivity contribution is 9.10. The second kappa shape index (κ2) is 3.51. The molecular weight excluding hydrogens is 259 g/mol. The highest BCUT2D eigenvalue weighted by atomic mass is 79.9. The summed E-state index contributed by atoms with van der Waals surface area (Å²) in [5, 5.41) is 10.8. The lowest BCUT2D eigenvalue weighted by atomic mass is 10.2. The Morgan fingerprint density at radius 3 is 2.69 bits per heavy atom. The fraction of sp³-hybridized carbons (Fsp3) is 0.143. The Hall–Kier alpha value is -0.810. The molecule has 0 aliphatic heterocycles. The van der Waals surface area contributed by atoms with Crippen LogP contribution in [-0.2, 0) is 0 Å². The van der Waals surface area contributed by atoms with E-state index in [1.807, 2.05) is 0 Å². The monoisotopic (exact) mass is 264 g/mol. The largest absolute Gasteiger partial charge is 0.392 e. The molecule has 6 heteroatoms. The molecule has 0 unspecified atom stereocenters. The first-order valence-electron chi connectivity index (χ1n) is 3.33. The lowest BCUT2D eigenvalue weighted by Gasteiger charge is -2.04. The van der Waals surface area contributed by atoms with E-state index in [1.54, 1.807) is 13.0 Å². The second-order valence-corrected chi connectivity index (χ2v) is 3.75. The number of nitrogen functional groups attached to an aromatic ring is 1. The van der Waals surface area contributed by atoms with Crippen molar-refractivity contribution in [2.75, 3.05) is 5.73 Å². The van der Waals surface area contributed by atoms with E-state index in [0.29, 0.717) is 10.0 Å². The van der Waals surface area contributed by atoms with Crippen LogP contribution in [0.1, 0.15) is 5.56 Å². The van der Waals surface area contributed by atoms with E-state index in [2.05, 4.69) is 15.9 Å². The van der Waals surface area contributed by atoms with Gasteiger partial charge < -0.3 is 5.73 Å². The number of nitro groups is 1. The van der Waals surface area contributed by atoms with E-state index < -0.39 is 4.92 Å². The van der Waals surface area contributed by atoms with Crippen LogP contribution in [-0.4, -0.2) is 4.92 Å². The first-order chi connectivity index (χ1) is 5.95. The molecule has 0 bridgehead atoms. The summed E-state index contributed by atoms with van der Waals surface area (Å²) in [6.07, 6.45) is 0. The second-order valence-electron chi connectivity index (χ2n) is 2.48. The van der Waals surface area contributed by atoms with Gasteiger partial charge in [-0.3, -0.25) is 10.1 Å². The molecule has 13 heavy (non-hydrogen) atoms. The van der Waals surface area contributed by atoms with Crippen molar-refractivity contribution in [2.45, 2.75) is 6.92 Å². The van der Waals surface area contributed by atoms with Gasteiger partial charge in [-0.1, -0.05) is 27.5 Å². The molecule has 0 radical (unpaired) electrons. The maximum atomic E-state index is 10.6. The van der Waals surface area contributed by atoms with Crippen molar-refractivity contribution in [3.05, 3.63) is 31.2 Å². The molecule has 0 aromatic heterocycles. The van der Waals surface area contributed by atoms with Gasteiger partial charge in [-0.15, -0.1) is 0 Å². The lowest BCUT2D eigenvalue weighted by Crippen LogP contribution is -1.99. The fourth-order valence-corrected chi connectivity index (χ4v) is 1.71. The Kier molecular flexibility index (Phi) is 2.77. The number of hydrogen-bond donors (Lipinski definition) is 1. The molecule has 4 nitrogen and oxygen atoms in total. The summed E-state index contributed by atoms with van der Waals surface area (Å²) in [7, 11) is 0. The molecular formula is C7H6BrClN2O2. The van der Waals surface area contributed by atoms with Crippen molar-refractivity contribution in [3.63, 3.8) is 0 Å². The van der Waals surface area contributed by atoms with Crippen LogP contribution in [0.25, 0.3) is 0 Å². The van der Waals surface area contributed by atoms with E-state index >= 15 is 0 Å². The van der Waals surface area contributed by atoms with Gasteiger partial charge in [-0.05, 0) is 13.0 Å². The molecule has 1 rings (SSSR count). The van der Waals surface area contributed by atoms with Crippen molar-refractivity contribution in [2.24, 2.45) is 0 Å². The molecule has 0 aliphatic rings. The molecule has 0 aliphatic carbocycles. The van der Waals surface area contributed by atoms with Gasteiger partial charge in [-0.2, -0.15) is 0 Å². The van der Waals surface area contributed by atoms with Crippen molar-refractivity contribution in [3.8, 4) is 0 Å². The third-order valence-corrected chi connectivity index (χ3v) is 2.80. The molecule has 1 aromatic carbocycles. The predicted molar refractivity (Wildman–Crippen MR) is 55.0 cm³/mol. The zero-order valence-electron chi connectivity index (χ0n) is 6.67. The van der Waals surface area contributed by atoms with Crippen LogP contribution in [0.5, 0.6) is 0 Å². The number of nitro benzene ring substituents is 1. The van der Waals surface area contributed by atoms with Gasteiger partial charge in [0, 0.05) is 10.0 Å². The van der Waals surface area contributed by atoms with Gasteiger partial charge in [-0.25, -0.2) is 0 Å². The Morgan fingerprint density at radius 2 is 2.23 bits per heavy atom. The maximum absolute atomic E-state index is 10.6. The summed E-state index contributed by atoms with van der Waals surface area (Å²) in [6.45, 7) is 1.61. The van der Waals surface area contributed by atoms with E-state index in [1.165, 1.54) is 0 Å². The summed E-state index contributed by atoms with van der Waals surface area (Å²) < 4.78 is 0.582. The third kappa shape index (κ3) is 1.76. The average molecular weight is 265 g/mol. The molecule has 0 spiro atoms.